The van der Waals surface area contributed by atoms with Crippen molar-refractivity contribution in [1.29, 1.82) is 0 Å². The van der Waals surface area contributed by atoms with Gasteiger partial charge in [-0.25, -0.2) is 4.98 Å². The fraction of sp³-hybridized carbons (Fsp3) is 0.267. The van der Waals surface area contributed by atoms with Gasteiger partial charge in [-0.2, -0.15) is 0 Å². The Morgan fingerprint density at radius 3 is 2.71 bits per heavy atom. The van der Waals surface area contributed by atoms with Crippen molar-refractivity contribution in [2.45, 2.75) is 19.3 Å². The fourth-order valence-electron chi connectivity index (χ4n) is 1.84. The minimum absolute atomic E-state index is 0.0799. The Bertz CT molecular complexity index is 610. The molecule has 2 rings (SSSR count). The second-order valence-electron chi connectivity index (χ2n) is 4.50. The highest BCUT2D eigenvalue weighted by molar-refractivity contribution is 7.14. The third-order valence-corrected chi connectivity index (χ3v) is 3.68. The van der Waals surface area contributed by atoms with E-state index in [9.17, 15) is 9.59 Å². The van der Waals surface area contributed by atoms with Crippen molar-refractivity contribution < 1.29 is 9.59 Å². The van der Waals surface area contributed by atoms with Crippen LogP contribution >= 0.6 is 11.3 Å². The topological polar surface area (TPSA) is 71.1 Å². The summed E-state index contributed by atoms with van der Waals surface area (Å²) < 4.78 is 0. The molecule has 1 aromatic carbocycles. The number of rotatable bonds is 6. The first-order valence-corrected chi connectivity index (χ1v) is 7.58. The summed E-state index contributed by atoms with van der Waals surface area (Å²) in [6.07, 6.45) is 2.09. The lowest BCUT2D eigenvalue weighted by molar-refractivity contribution is -0.116. The van der Waals surface area contributed by atoms with Gasteiger partial charge in [0, 0.05) is 18.8 Å². The van der Waals surface area contributed by atoms with E-state index in [1.807, 2.05) is 30.3 Å². The van der Waals surface area contributed by atoms with Gasteiger partial charge in [-0.1, -0.05) is 30.3 Å². The molecular formula is C15H17N3O2S. The zero-order valence-electron chi connectivity index (χ0n) is 11.8. The van der Waals surface area contributed by atoms with Crippen LogP contribution in [0.3, 0.4) is 0 Å². The van der Waals surface area contributed by atoms with Gasteiger partial charge in [0.05, 0.1) is 0 Å². The number of thiazole rings is 1. The van der Waals surface area contributed by atoms with Crippen molar-refractivity contribution in [2.75, 3.05) is 12.4 Å². The number of nitrogens with zero attached hydrogens (tertiary/aromatic N) is 1. The predicted molar refractivity (Wildman–Crippen MR) is 83.5 cm³/mol. The van der Waals surface area contributed by atoms with E-state index in [1.165, 1.54) is 16.9 Å². The van der Waals surface area contributed by atoms with Crippen LogP contribution in [0.2, 0.25) is 0 Å². The smallest absolute Gasteiger partial charge is 0.270 e. The molecule has 0 aliphatic carbocycles. The lowest BCUT2D eigenvalue weighted by atomic mass is 10.1. The summed E-state index contributed by atoms with van der Waals surface area (Å²) in [7, 11) is 1.55. The Morgan fingerprint density at radius 2 is 2.00 bits per heavy atom. The number of aryl methyl sites for hydroxylation is 1. The molecule has 0 aliphatic rings. The van der Waals surface area contributed by atoms with Crippen molar-refractivity contribution in [1.82, 2.24) is 10.3 Å². The van der Waals surface area contributed by atoms with E-state index in [-0.39, 0.29) is 11.8 Å². The van der Waals surface area contributed by atoms with E-state index in [0.717, 1.165) is 12.8 Å². The lowest BCUT2D eigenvalue weighted by Gasteiger charge is -2.02. The molecular weight excluding hydrogens is 286 g/mol. The van der Waals surface area contributed by atoms with E-state index in [1.54, 1.807) is 12.4 Å². The molecule has 0 bridgehead atoms. The number of hydrogen-bond acceptors (Lipinski definition) is 4. The van der Waals surface area contributed by atoms with Gasteiger partial charge in [-0.3, -0.25) is 9.59 Å². The number of anilines is 1. The Kier molecular flexibility index (Phi) is 5.45. The summed E-state index contributed by atoms with van der Waals surface area (Å²) in [6.45, 7) is 0. The number of hydrogen-bond donors (Lipinski definition) is 2. The van der Waals surface area contributed by atoms with Crippen LogP contribution in [0.15, 0.2) is 35.7 Å². The first-order valence-electron chi connectivity index (χ1n) is 6.70. The first-order chi connectivity index (χ1) is 10.2. The predicted octanol–water partition coefficient (Wildman–Crippen LogP) is 2.46. The van der Waals surface area contributed by atoms with Crippen LogP contribution in [0, 0.1) is 0 Å². The van der Waals surface area contributed by atoms with Crippen LogP contribution < -0.4 is 10.6 Å². The average Bonchev–Trinajstić information content (AvgIpc) is 2.96. The van der Waals surface area contributed by atoms with Gasteiger partial charge in [0.15, 0.2) is 5.13 Å². The van der Waals surface area contributed by atoms with E-state index in [0.29, 0.717) is 17.2 Å². The number of aromatic nitrogens is 1. The van der Waals surface area contributed by atoms with Crippen LogP contribution in [0.1, 0.15) is 28.9 Å². The number of benzene rings is 1. The van der Waals surface area contributed by atoms with Crippen LogP contribution in [-0.4, -0.2) is 23.8 Å². The summed E-state index contributed by atoms with van der Waals surface area (Å²) in [5, 5.41) is 7.29. The molecule has 0 fully saturated rings. The summed E-state index contributed by atoms with van der Waals surface area (Å²) in [6, 6.07) is 10.1. The monoisotopic (exact) mass is 303 g/mol. The van der Waals surface area contributed by atoms with Gasteiger partial charge in [0.2, 0.25) is 5.91 Å². The van der Waals surface area contributed by atoms with Crippen LogP contribution in [0.4, 0.5) is 5.13 Å². The van der Waals surface area contributed by atoms with Crippen molar-refractivity contribution in [2.24, 2.45) is 0 Å². The Labute approximate surface area is 127 Å². The van der Waals surface area contributed by atoms with E-state index in [4.69, 9.17) is 0 Å². The fourth-order valence-corrected chi connectivity index (χ4v) is 2.55. The molecule has 2 N–H and O–H groups in total. The van der Waals surface area contributed by atoms with Gasteiger partial charge < -0.3 is 10.6 Å². The van der Waals surface area contributed by atoms with E-state index < -0.39 is 0 Å². The molecule has 0 radical (unpaired) electrons. The maximum atomic E-state index is 11.8. The van der Waals surface area contributed by atoms with Crippen molar-refractivity contribution in [3.8, 4) is 0 Å². The van der Waals surface area contributed by atoms with Crippen molar-refractivity contribution in [3.05, 3.63) is 47.0 Å². The molecule has 1 aromatic heterocycles. The second kappa shape index (κ2) is 7.54. The number of nitrogens with one attached hydrogen (secondary N) is 2. The molecule has 0 saturated heterocycles. The molecule has 21 heavy (non-hydrogen) atoms. The van der Waals surface area contributed by atoms with Gasteiger partial charge in [-0.15, -0.1) is 11.3 Å². The molecule has 6 heteroatoms. The molecule has 110 valence electrons. The van der Waals surface area contributed by atoms with Gasteiger partial charge in [-0.05, 0) is 18.4 Å². The standard InChI is InChI=1S/C15H17N3O2S/c1-16-14(20)12-10-21-15(17-12)18-13(19)9-5-8-11-6-3-2-4-7-11/h2-4,6-7,10H,5,8-9H2,1H3,(H,16,20)(H,17,18,19). The largest absolute Gasteiger partial charge is 0.354 e. The van der Waals surface area contributed by atoms with E-state index >= 15 is 0 Å². The van der Waals surface area contributed by atoms with Gasteiger partial charge in [0.1, 0.15) is 5.69 Å². The maximum Gasteiger partial charge on any atom is 0.270 e. The number of carbonyl (C=O) groups excluding carboxylic acids is 2. The number of carbonyl (C=O) groups is 2. The average molecular weight is 303 g/mol. The molecule has 0 spiro atoms. The quantitative estimate of drug-likeness (QED) is 0.861. The van der Waals surface area contributed by atoms with Crippen LogP contribution in [0.5, 0.6) is 0 Å². The molecule has 2 aromatic rings. The van der Waals surface area contributed by atoms with Crippen LogP contribution in [0.25, 0.3) is 0 Å². The highest BCUT2D eigenvalue weighted by Gasteiger charge is 2.10. The molecule has 2 amide bonds. The third kappa shape index (κ3) is 4.68. The second-order valence-corrected chi connectivity index (χ2v) is 5.36. The summed E-state index contributed by atoms with van der Waals surface area (Å²) in [5.41, 5.74) is 1.54. The molecule has 5 nitrogen and oxygen atoms in total. The normalized spacial score (nSPS) is 10.1. The highest BCUT2D eigenvalue weighted by Crippen LogP contribution is 2.16. The molecule has 1 heterocycles. The Morgan fingerprint density at radius 1 is 1.24 bits per heavy atom. The maximum absolute atomic E-state index is 11.8. The summed E-state index contributed by atoms with van der Waals surface area (Å²) in [4.78, 5) is 27.2. The molecule has 0 unspecified atom stereocenters. The SMILES string of the molecule is CNC(=O)c1csc(NC(=O)CCCc2ccccc2)n1. The first kappa shape index (κ1) is 15.2. The Hall–Kier alpha value is -2.21. The summed E-state index contributed by atoms with van der Waals surface area (Å²) >= 11 is 1.25. The van der Waals surface area contributed by atoms with Gasteiger partial charge >= 0.3 is 0 Å². The Balaban J connectivity index is 1.77. The molecule has 0 aliphatic heterocycles. The lowest BCUT2D eigenvalue weighted by Crippen LogP contribution is -2.18. The molecule has 0 atom stereocenters. The van der Waals surface area contributed by atoms with Crippen LogP contribution in [-0.2, 0) is 11.2 Å². The van der Waals surface area contributed by atoms with Crippen molar-refractivity contribution in [3.63, 3.8) is 0 Å². The summed E-state index contributed by atoms with van der Waals surface area (Å²) in [5.74, 6) is -0.334. The zero-order valence-corrected chi connectivity index (χ0v) is 12.6. The third-order valence-electron chi connectivity index (χ3n) is 2.92. The van der Waals surface area contributed by atoms with Gasteiger partial charge in [0.25, 0.3) is 5.91 Å². The molecule has 0 saturated carbocycles. The number of amides is 2. The minimum atomic E-state index is -0.254. The van der Waals surface area contributed by atoms with E-state index in [2.05, 4.69) is 15.6 Å². The minimum Gasteiger partial charge on any atom is -0.354 e. The highest BCUT2D eigenvalue weighted by atomic mass is 32.1. The zero-order chi connectivity index (χ0) is 15.1. The van der Waals surface area contributed by atoms with Crippen molar-refractivity contribution >= 4 is 28.3 Å².